The van der Waals surface area contributed by atoms with Gasteiger partial charge in [-0.05, 0) is 109 Å². The van der Waals surface area contributed by atoms with Gasteiger partial charge in [-0.1, -0.05) is 48.6 Å². The summed E-state index contributed by atoms with van der Waals surface area (Å²) in [5, 5.41) is 55.2. The second-order valence-electron chi connectivity index (χ2n) is 15.9. The van der Waals surface area contributed by atoms with E-state index in [0.717, 1.165) is 33.4 Å². The van der Waals surface area contributed by atoms with Crippen LogP contribution in [0.15, 0.2) is 70.9 Å². The van der Waals surface area contributed by atoms with Crippen molar-refractivity contribution in [2.24, 2.45) is 21.7 Å². The quantitative estimate of drug-likeness (QED) is 0.00754. The van der Waals surface area contributed by atoms with E-state index < -0.39 is 41.9 Å². The van der Waals surface area contributed by atoms with Crippen LogP contribution in [0.25, 0.3) is 24.3 Å². The lowest BCUT2D eigenvalue weighted by molar-refractivity contribution is -0.485. The first-order chi connectivity index (χ1) is 36.4. The van der Waals surface area contributed by atoms with E-state index >= 15 is 0 Å². The molecule has 0 fully saturated rings. The molecule has 2 atom stereocenters. The summed E-state index contributed by atoms with van der Waals surface area (Å²) < 4.78 is 41.1. The molecule has 0 amide bonds. The Morgan fingerprint density at radius 2 is 0.883 bits per heavy atom. The molecule has 0 radical (unpaired) electrons. The smallest absolute Gasteiger partial charge is 0.466 e. The first-order valence-electron chi connectivity index (χ1n) is 22.8. The fraction of sp³-hybridized carbons (Fsp3) is 0.333. The second-order valence-corrected chi connectivity index (χ2v) is 16.9. The number of nitro groups is 2. The highest BCUT2D eigenvalue weighted by atomic mass is 31.2. The molecule has 0 aliphatic rings. The second kappa shape index (κ2) is 32.5. The number of rotatable bonds is 26. The van der Waals surface area contributed by atoms with Crippen LogP contribution in [-0.4, -0.2) is 127 Å². The third kappa shape index (κ3) is 23.9. The molecule has 0 saturated carbocycles. The Kier molecular flexibility index (Phi) is 27.1. The number of nitrogens with two attached hydrogens (primary N) is 2. The predicted octanol–water partition coefficient (Wildman–Crippen LogP) is 4.94. The lowest BCUT2D eigenvalue weighted by Crippen LogP contribution is -2.35. The minimum Gasteiger partial charge on any atom is -0.493 e. The molecule has 0 aromatic heterocycles. The van der Waals surface area contributed by atoms with Gasteiger partial charge in [-0.3, -0.25) is 0 Å². The van der Waals surface area contributed by atoms with E-state index in [0.29, 0.717) is 58.7 Å². The molecule has 2 unspecified atom stereocenters. The van der Waals surface area contributed by atoms with Gasteiger partial charge in [-0.25, -0.2) is 34.4 Å². The molecule has 0 bridgehead atoms. The molecule has 77 heavy (non-hydrogen) atoms. The third-order valence-corrected chi connectivity index (χ3v) is 10.4. The standard InChI is InChI=1S/2C24H31N5O7.H3O4P/c2*1-15-7-8-16(9-10-17-13-20(34-2)22(36-4)21(14-17)35-3)12-19(15)27-18(23(30)31)6-5-11-26-24(25)28-29(32)33;1-5(2,3)4/h2*7-10,12-14,18,27H,5-6,11H2,1-4H3,(H,30,31)(H3,25,26,28);(H3,1,2,3,4). The lowest BCUT2D eigenvalue weighted by atomic mass is 10.1. The van der Waals surface area contributed by atoms with Crippen molar-refractivity contribution in [2.45, 2.75) is 51.6 Å². The number of aryl methyl sites for hydroxylation is 2. The van der Waals surface area contributed by atoms with Crippen molar-refractivity contribution < 1.29 is 77.5 Å². The zero-order valence-corrected chi connectivity index (χ0v) is 44.3. The highest BCUT2D eigenvalue weighted by Crippen LogP contribution is 2.40. The number of aliphatic carboxylic acids is 2. The molecular formula is C48H65N10O18P. The number of carboxylic acids is 2. The van der Waals surface area contributed by atoms with Crippen LogP contribution in [-0.2, 0) is 14.2 Å². The summed E-state index contributed by atoms with van der Waals surface area (Å²) in [6, 6.07) is 16.9. The van der Waals surface area contributed by atoms with Crippen molar-refractivity contribution in [1.82, 2.24) is 10.6 Å². The molecule has 4 aromatic rings. The van der Waals surface area contributed by atoms with E-state index in [-0.39, 0.29) is 37.9 Å². The number of nitrogens with zero attached hydrogens (tertiary/aromatic N) is 4. The molecule has 4 rings (SSSR count). The Hall–Kier alpha value is -8.85. The van der Waals surface area contributed by atoms with E-state index in [9.17, 15) is 40.0 Å². The Balaban J connectivity index is 0.000000484. The summed E-state index contributed by atoms with van der Waals surface area (Å²) in [4.78, 5) is 65.7. The first-order valence-corrected chi connectivity index (χ1v) is 24.3. The summed E-state index contributed by atoms with van der Waals surface area (Å²) in [5.41, 5.74) is 17.2. The van der Waals surface area contributed by atoms with Crippen molar-refractivity contribution in [3.05, 3.63) is 114 Å². The molecule has 28 nitrogen and oxygen atoms in total. The summed E-state index contributed by atoms with van der Waals surface area (Å²) in [5.74, 6) is 0.453. The number of hydrogen-bond acceptors (Lipinski definition) is 15. The fourth-order valence-electron chi connectivity index (χ4n) is 6.76. The van der Waals surface area contributed by atoms with Crippen LogP contribution in [0.5, 0.6) is 34.5 Å². The number of anilines is 2. The predicted molar refractivity (Wildman–Crippen MR) is 288 cm³/mol. The van der Waals surface area contributed by atoms with Gasteiger partial charge in [0.2, 0.25) is 11.5 Å². The van der Waals surface area contributed by atoms with Crippen molar-refractivity contribution in [3.8, 4) is 34.5 Å². The highest BCUT2D eigenvalue weighted by molar-refractivity contribution is 7.45. The SMILES string of the molecule is COc1cc(C=Cc2ccc(C)c(NC(CCCN/C(N)=N\[N+](=O)[O-])C(=O)O)c2)cc(OC)c1OC.COc1cc(C=Cc2ccc(C)c(NC(CCCN/C(N)=N\[N+](=O)[O-])C(=O)O)c2)cc(OC)c1OC.O=P(O)(O)O. The number of carbonyl (C=O) groups is 2. The van der Waals surface area contributed by atoms with Gasteiger partial charge in [-0.15, -0.1) is 0 Å². The molecule has 4 aromatic carbocycles. The van der Waals surface area contributed by atoms with Gasteiger partial charge in [0.25, 0.3) is 11.9 Å². The molecule has 0 heterocycles. The number of methoxy groups -OCH3 is 6. The van der Waals surface area contributed by atoms with Gasteiger partial charge in [-0.2, -0.15) is 0 Å². The van der Waals surface area contributed by atoms with E-state index in [4.69, 9.17) is 59.1 Å². The van der Waals surface area contributed by atoms with Gasteiger partial charge in [0.05, 0.1) is 42.7 Å². The monoisotopic (exact) mass is 1100 g/mol. The summed E-state index contributed by atoms with van der Waals surface area (Å²) in [6.07, 6.45) is 8.88. The Morgan fingerprint density at radius 3 is 1.14 bits per heavy atom. The molecule has 0 aliphatic carbocycles. The van der Waals surface area contributed by atoms with Crippen molar-refractivity contribution in [3.63, 3.8) is 0 Å². The Bertz CT molecular complexity index is 2570. The van der Waals surface area contributed by atoms with Gasteiger partial charge < -0.3 is 86.0 Å². The third-order valence-electron chi connectivity index (χ3n) is 10.4. The van der Waals surface area contributed by atoms with Crippen LogP contribution >= 0.6 is 7.82 Å². The van der Waals surface area contributed by atoms with E-state index in [1.807, 2.05) is 98.8 Å². The maximum atomic E-state index is 11.8. The summed E-state index contributed by atoms with van der Waals surface area (Å²) in [6.45, 7) is 4.24. The van der Waals surface area contributed by atoms with Crippen LogP contribution in [0.1, 0.15) is 59.1 Å². The van der Waals surface area contributed by atoms with Crippen molar-refractivity contribution >= 4 is 67.4 Å². The number of hydrazone groups is 2. The van der Waals surface area contributed by atoms with Crippen LogP contribution < -0.4 is 61.2 Å². The van der Waals surface area contributed by atoms with Crippen LogP contribution in [0.3, 0.4) is 0 Å². The average Bonchev–Trinajstić information content (AvgIpc) is 3.36. The number of ether oxygens (including phenoxy) is 6. The molecule has 0 aliphatic heterocycles. The van der Waals surface area contributed by atoms with Gasteiger partial charge in [0.1, 0.15) is 22.3 Å². The minimum absolute atomic E-state index is 0.241. The topological polar surface area (TPSA) is 419 Å². The van der Waals surface area contributed by atoms with Crippen LogP contribution in [0.2, 0.25) is 0 Å². The normalized spacial score (nSPS) is 12.1. The number of nitrogens with one attached hydrogen (secondary N) is 4. The first kappa shape index (κ1) is 64.3. The number of guanidine groups is 2. The minimum atomic E-state index is -4.64. The number of hydrogen-bond donors (Lipinski definition) is 11. The Labute approximate surface area is 442 Å². The fourth-order valence-corrected chi connectivity index (χ4v) is 6.76. The van der Waals surface area contributed by atoms with Crippen LogP contribution in [0, 0.1) is 34.1 Å². The molecular weight excluding hydrogens is 1040 g/mol. The number of benzene rings is 4. The lowest BCUT2D eigenvalue weighted by Gasteiger charge is -2.18. The summed E-state index contributed by atoms with van der Waals surface area (Å²) >= 11 is 0. The van der Waals surface area contributed by atoms with E-state index in [1.54, 1.807) is 28.4 Å². The zero-order chi connectivity index (χ0) is 57.8. The Morgan fingerprint density at radius 1 is 0.584 bits per heavy atom. The van der Waals surface area contributed by atoms with Gasteiger partial charge >= 0.3 is 19.8 Å². The van der Waals surface area contributed by atoms with Gasteiger partial charge in [0.15, 0.2) is 33.1 Å². The van der Waals surface area contributed by atoms with E-state index in [1.165, 1.54) is 14.2 Å². The molecule has 420 valence electrons. The molecule has 0 saturated heterocycles. The van der Waals surface area contributed by atoms with E-state index in [2.05, 4.69) is 31.5 Å². The van der Waals surface area contributed by atoms with Crippen LogP contribution in [0.4, 0.5) is 11.4 Å². The number of carboxylic acid groups (broad SMARTS) is 2. The van der Waals surface area contributed by atoms with Gasteiger partial charge in [0, 0.05) is 24.5 Å². The molecule has 0 spiro atoms. The summed E-state index contributed by atoms with van der Waals surface area (Å²) in [7, 11) is 4.63. The maximum Gasteiger partial charge on any atom is 0.466 e. The molecule has 29 heteroatoms. The average molecular weight is 1100 g/mol. The molecule has 13 N–H and O–H groups in total. The van der Waals surface area contributed by atoms with Crippen molar-refractivity contribution in [2.75, 3.05) is 66.4 Å². The largest absolute Gasteiger partial charge is 0.493 e. The van der Waals surface area contributed by atoms with Crippen molar-refractivity contribution in [1.29, 1.82) is 0 Å². The number of phosphoric acid groups is 1. The zero-order valence-electron chi connectivity index (χ0n) is 43.4. The maximum absolute atomic E-state index is 11.8. The highest BCUT2D eigenvalue weighted by Gasteiger charge is 2.20.